The molecular weight excluding hydrogens is 333 g/mol. The van der Waals surface area contributed by atoms with E-state index >= 15 is 0 Å². The molecule has 0 heterocycles. The minimum atomic E-state index is -1.47. The standard InChI is InChI=1S/C6H5NO3.C2H3IO3/c8-6-3-1-5(2-4-6)7(9)10;3-1-6-2(4)5/h1-4,8H;1H2,(H,4,5)/p-1. The second kappa shape index (κ2) is 7.68. The van der Waals surface area contributed by atoms with Crippen LogP contribution in [0.4, 0.5) is 10.5 Å². The summed E-state index contributed by atoms with van der Waals surface area (Å²) in [5.74, 6) is 0.0330. The highest BCUT2D eigenvalue weighted by atomic mass is 127. The fourth-order valence-electron chi connectivity index (χ4n) is 0.619. The zero-order chi connectivity index (χ0) is 12.6. The Balaban J connectivity index is 0.000000325. The molecule has 1 aromatic rings. The van der Waals surface area contributed by atoms with Crippen molar-refractivity contribution in [3.05, 3.63) is 34.4 Å². The van der Waals surface area contributed by atoms with Gasteiger partial charge in [0.25, 0.3) is 11.8 Å². The van der Waals surface area contributed by atoms with Crippen LogP contribution in [-0.4, -0.2) is 20.8 Å². The van der Waals surface area contributed by atoms with E-state index in [4.69, 9.17) is 5.11 Å². The van der Waals surface area contributed by atoms with Gasteiger partial charge in [0.1, 0.15) is 5.75 Å². The number of ether oxygens (including phenoxy) is 1. The van der Waals surface area contributed by atoms with Crippen molar-refractivity contribution in [2.24, 2.45) is 0 Å². The first kappa shape index (κ1) is 14.4. The van der Waals surface area contributed by atoms with E-state index in [0.29, 0.717) is 0 Å². The van der Waals surface area contributed by atoms with Crippen molar-refractivity contribution in [2.45, 2.75) is 0 Å². The molecule has 7 nitrogen and oxygen atoms in total. The van der Waals surface area contributed by atoms with Crippen molar-refractivity contribution in [3.8, 4) is 5.75 Å². The largest absolute Gasteiger partial charge is 0.539 e. The van der Waals surface area contributed by atoms with Crippen LogP contribution in [0, 0.1) is 10.1 Å². The van der Waals surface area contributed by atoms with Crippen molar-refractivity contribution in [1.29, 1.82) is 0 Å². The summed E-state index contributed by atoms with van der Waals surface area (Å²) < 4.78 is 3.97. The monoisotopic (exact) mass is 340 g/mol. The summed E-state index contributed by atoms with van der Waals surface area (Å²) >= 11 is 1.76. The van der Waals surface area contributed by atoms with Crippen LogP contribution >= 0.6 is 22.6 Å². The molecule has 0 radical (unpaired) electrons. The number of aromatic hydroxyl groups is 1. The van der Waals surface area contributed by atoms with Gasteiger partial charge in [-0.25, -0.2) is 0 Å². The van der Waals surface area contributed by atoms with Gasteiger partial charge in [-0.2, -0.15) is 0 Å². The number of phenols is 1. The molecule has 16 heavy (non-hydrogen) atoms. The quantitative estimate of drug-likeness (QED) is 0.283. The van der Waals surface area contributed by atoms with Crippen LogP contribution in [0.25, 0.3) is 0 Å². The predicted octanol–water partition coefficient (Wildman–Crippen LogP) is 1.04. The molecule has 1 N–H and O–H groups in total. The number of hydrogen-bond donors (Lipinski definition) is 1. The second-order valence-electron chi connectivity index (χ2n) is 2.28. The molecule has 88 valence electrons. The Hall–Kier alpha value is -1.58. The summed E-state index contributed by atoms with van der Waals surface area (Å²) in [6, 6.07) is 5.04. The first-order chi connectivity index (χ1) is 7.47. The summed E-state index contributed by atoms with van der Waals surface area (Å²) in [4.78, 5) is 18.8. The maximum absolute atomic E-state index is 10.0. The topological polar surface area (TPSA) is 113 Å². The zero-order valence-electron chi connectivity index (χ0n) is 7.83. The van der Waals surface area contributed by atoms with Gasteiger partial charge in [-0.15, -0.1) is 0 Å². The van der Waals surface area contributed by atoms with Crippen LogP contribution in [0.1, 0.15) is 0 Å². The number of non-ortho nitro benzene ring substituents is 1. The number of carboxylic acid groups (broad SMARTS) is 1. The van der Waals surface area contributed by atoms with Gasteiger partial charge in [-0.1, -0.05) is 22.6 Å². The van der Waals surface area contributed by atoms with Gasteiger partial charge in [0.05, 0.1) is 9.54 Å². The second-order valence-corrected chi connectivity index (χ2v) is 2.90. The third kappa shape index (κ3) is 6.81. The normalized spacial score (nSPS) is 8.56. The van der Waals surface area contributed by atoms with Crippen LogP contribution in [0.2, 0.25) is 0 Å². The molecule has 0 amide bonds. The molecule has 0 aromatic heterocycles. The van der Waals surface area contributed by atoms with Gasteiger partial charge < -0.3 is 19.7 Å². The Morgan fingerprint density at radius 2 is 1.94 bits per heavy atom. The fourth-order valence-corrected chi connectivity index (χ4v) is 0.873. The van der Waals surface area contributed by atoms with E-state index in [1.165, 1.54) is 24.3 Å². The maximum atomic E-state index is 10.0. The van der Waals surface area contributed by atoms with E-state index in [9.17, 15) is 20.0 Å². The zero-order valence-corrected chi connectivity index (χ0v) is 9.99. The number of carbonyl (C=O) groups is 1. The number of carbonyl (C=O) groups excluding carboxylic acids is 1. The maximum Gasteiger partial charge on any atom is 0.269 e. The Kier molecular flexibility index (Phi) is 6.92. The van der Waals surface area contributed by atoms with Crippen molar-refractivity contribution in [2.75, 3.05) is 4.61 Å². The van der Waals surface area contributed by atoms with E-state index < -0.39 is 11.1 Å². The van der Waals surface area contributed by atoms with Gasteiger partial charge in [-0.05, 0) is 12.1 Å². The highest BCUT2D eigenvalue weighted by molar-refractivity contribution is 14.1. The van der Waals surface area contributed by atoms with Gasteiger partial charge in [0.15, 0.2) is 0 Å². The SMILES string of the molecule is O=C([O-])OCI.O=[N+]([O-])c1ccc(O)cc1. The Morgan fingerprint density at radius 3 is 2.19 bits per heavy atom. The number of nitro groups is 1. The van der Waals surface area contributed by atoms with Crippen LogP contribution in [-0.2, 0) is 4.74 Å². The molecule has 0 aliphatic heterocycles. The number of alkyl halides is 1. The molecule has 0 spiro atoms. The molecule has 0 aliphatic rings. The van der Waals surface area contributed by atoms with Crippen molar-refractivity contribution in [3.63, 3.8) is 0 Å². The van der Waals surface area contributed by atoms with Crippen LogP contribution in [0.15, 0.2) is 24.3 Å². The van der Waals surface area contributed by atoms with Crippen LogP contribution < -0.4 is 5.11 Å². The molecule has 0 saturated carbocycles. The van der Waals surface area contributed by atoms with E-state index in [2.05, 4.69) is 4.74 Å². The Labute approximate surface area is 104 Å². The number of halogens is 1. The lowest BCUT2D eigenvalue weighted by molar-refractivity contribution is -0.384. The first-order valence-electron chi connectivity index (χ1n) is 3.80. The summed E-state index contributed by atoms with van der Waals surface area (Å²) in [7, 11) is 0. The number of nitrogens with zero attached hydrogens (tertiary/aromatic N) is 1. The lowest BCUT2D eigenvalue weighted by atomic mass is 10.3. The lowest BCUT2D eigenvalue weighted by Gasteiger charge is -1.98. The molecule has 0 fully saturated rings. The lowest BCUT2D eigenvalue weighted by Crippen LogP contribution is -2.22. The summed E-state index contributed by atoms with van der Waals surface area (Å²) in [5, 5.41) is 28.0. The van der Waals surface area contributed by atoms with Crippen molar-refractivity contribution in [1.82, 2.24) is 0 Å². The van der Waals surface area contributed by atoms with Gasteiger partial charge in [-0.3, -0.25) is 10.1 Å². The first-order valence-corrected chi connectivity index (χ1v) is 5.33. The van der Waals surface area contributed by atoms with Crippen molar-refractivity contribution >= 4 is 34.4 Å². The van der Waals surface area contributed by atoms with Gasteiger partial charge in [0, 0.05) is 12.1 Å². The number of phenolic OH excluding ortho intramolecular Hbond substituents is 1. The average molecular weight is 340 g/mol. The van der Waals surface area contributed by atoms with Crippen LogP contribution in [0.3, 0.4) is 0 Å². The molecule has 8 heteroatoms. The van der Waals surface area contributed by atoms with Gasteiger partial charge >= 0.3 is 0 Å². The minimum Gasteiger partial charge on any atom is -0.539 e. The smallest absolute Gasteiger partial charge is 0.269 e. The van der Waals surface area contributed by atoms with E-state index in [-0.39, 0.29) is 16.1 Å². The third-order valence-electron chi connectivity index (χ3n) is 1.23. The van der Waals surface area contributed by atoms with E-state index in [1.807, 2.05) is 0 Å². The predicted molar refractivity (Wildman–Crippen MR) is 60.1 cm³/mol. The fraction of sp³-hybridized carbons (Fsp3) is 0.125. The number of benzene rings is 1. The highest BCUT2D eigenvalue weighted by Crippen LogP contribution is 2.14. The molecule has 0 unspecified atom stereocenters. The van der Waals surface area contributed by atoms with Gasteiger partial charge in [0.2, 0.25) is 0 Å². The summed E-state index contributed by atoms with van der Waals surface area (Å²) in [6.07, 6.45) is -1.47. The Morgan fingerprint density at radius 1 is 1.44 bits per heavy atom. The molecule has 0 bridgehead atoms. The molecular formula is C8H7INO6-. The number of rotatable bonds is 2. The molecule has 0 saturated heterocycles. The highest BCUT2D eigenvalue weighted by Gasteiger charge is 2.01. The van der Waals surface area contributed by atoms with Crippen LogP contribution in [0.5, 0.6) is 5.75 Å². The minimum absolute atomic E-state index is 0.0159. The molecule has 0 atom stereocenters. The van der Waals surface area contributed by atoms with E-state index in [0.717, 1.165) is 0 Å². The van der Waals surface area contributed by atoms with E-state index in [1.54, 1.807) is 22.6 Å². The number of hydrogen-bond acceptors (Lipinski definition) is 6. The third-order valence-corrected chi connectivity index (χ3v) is 1.54. The molecule has 0 aliphatic carbocycles. The molecule has 1 rings (SSSR count). The summed E-state index contributed by atoms with van der Waals surface area (Å²) in [5.41, 5.74) is -0.0159. The number of nitro benzene ring substituents is 1. The molecule has 1 aromatic carbocycles. The average Bonchev–Trinajstić information content (AvgIpc) is 2.19. The van der Waals surface area contributed by atoms with Crippen molar-refractivity contribution < 1.29 is 24.7 Å². The Bertz CT molecular complexity index is 352. The summed E-state index contributed by atoms with van der Waals surface area (Å²) in [6.45, 7) is 0.